The van der Waals surface area contributed by atoms with Gasteiger partial charge in [-0.25, -0.2) is 9.37 Å². The number of aryl methyl sites for hydroxylation is 1. The molecule has 0 aliphatic heterocycles. The molecule has 6 heteroatoms. The second kappa shape index (κ2) is 5.84. The Morgan fingerprint density at radius 2 is 2.16 bits per heavy atom. The lowest BCUT2D eigenvalue weighted by Crippen LogP contribution is -2.05. The molecule has 2 rings (SSSR count). The van der Waals surface area contributed by atoms with Crippen LogP contribution < -0.4 is 10.6 Å². The van der Waals surface area contributed by atoms with E-state index in [-0.39, 0.29) is 5.82 Å². The van der Waals surface area contributed by atoms with Crippen LogP contribution >= 0.6 is 11.6 Å². The van der Waals surface area contributed by atoms with Gasteiger partial charge in [0, 0.05) is 12.2 Å². The van der Waals surface area contributed by atoms with E-state index in [0.29, 0.717) is 16.8 Å². The van der Waals surface area contributed by atoms with Crippen LogP contribution in [0.15, 0.2) is 24.4 Å². The molecule has 0 bridgehead atoms. The van der Waals surface area contributed by atoms with Crippen molar-refractivity contribution in [2.45, 2.75) is 13.8 Å². The monoisotopic (exact) mass is 280 g/mol. The topological polar surface area (TPSA) is 49.8 Å². The molecule has 1 heterocycles. The Kier molecular flexibility index (Phi) is 4.16. The zero-order valence-electron chi connectivity index (χ0n) is 10.7. The maximum absolute atomic E-state index is 13.0. The molecule has 0 atom stereocenters. The summed E-state index contributed by atoms with van der Waals surface area (Å²) in [6.45, 7) is 4.48. The third-order valence-corrected chi connectivity index (χ3v) is 2.80. The molecule has 19 heavy (non-hydrogen) atoms. The largest absolute Gasteiger partial charge is 0.354 e. The maximum Gasteiger partial charge on any atom is 0.224 e. The Balaban J connectivity index is 2.29. The van der Waals surface area contributed by atoms with Crippen molar-refractivity contribution in [2.75, 3.05) is 17.2 Å². The van der Waals surface area contributed by atoms with E-state index in [1.807, 2.05) is 13.8 Å². The zero-order valence-corrected chi connectivity index (χ0v) is 11.4. The molecule has 1 aromatic heterocycles. The predicted octanol–water partition coefficient (Wildman–Crippen LogP) is 3.75. The van der Waals surface area contributed by atoms with Gasteiger partial charge in [0.2, 0.25) is 5.95 Å². The van der Waals surface area contributed by atoms with Crippen molar-refractivity contribution >= 4 is 29.1 Å². The first-order valence-corrected chi connectivity index (χ1v) is 6.27. The number of aromatic nitrogens is 2. The summed E-state index contributed by atoms with van der Waals surface area (Å²) in [6.07, 6.45) is 1.52. The molecule has 0 spiro atoms. The first kappa shape index (κ1) is 13.5. The molecule has 0 fully saturated rings. The van der Waals surface area contributed by atoms with Gasteiger partial charge in [-0.3, -0.25) is 0 Å². The van der Waals surface area contributed by atoms with E-state index in [9.17, 15) is 4.39 Å². The standard InChI is InChI=1S/C13H14ClFN4/c1-3-16-13-17-7-10(14)12(19-13)18-11-5-4-9(15)6-8(11)2/h4-7H,3H2,1-2H3,(H2,16,17,18,19). The lowest BCUT2D eigenvalue weighted by atomic mass is 10.2. The Labute approximate surface area is 116 Å². The molecule has 2 aromatic rings. The number of rotatable bonds is 4. The molecular formula is C13H14ClFN4. The first-order chi connectivity index (χ1) is 9.10. The van der Waals surface area contributed by atoms with E-state index in [4.69, 9.17) is 11.6 Å². The molecule has 2 N–H and O–H groups in total. The van der Waals surface area contributed by atoms with Gasteiger partial charge in [0.1, 0.15) is 10.8 Å². The fraction of sp³-hybridized carbons (Fsp3) is 0.231. The zero-order chi connectivity index (χ0) is 13.8. The second-order valence-corrected chi connectivity index (χ2v) is 4.41. The van der Waals surface area contributed by atoms with Crippen molar-refractivity contribution in [1.82, 2.24) is 9.97 Å². The van der Waals surface area contributed by atoms with Crippen LogP contribution in [0, 0.1) is 12.7 Å². The van der Waals surface area contributed by atoms with E-state index in [0.717, 1.165) is 17.8 Å². The van der Waals surface area contributed by atoms with Crippen molar-refractivity contribution in [3.63, 3.8) is 0 Å². The highest BCUT2D eigenvalue weighted by Gasteiger charge is 2.07. The molecule has 100 valence electrons. The van der Waals surface area contributed by atoms with Crippen molar-refractivity contribution in [2.24, 2.45) is 0 Å². The minimum atomic E-state index is -0.273. The summed E-state index contributed by atoms with van der Waals surface area (Å²) in [5, 5.41) is 6.49. The number of hydrogen-bond acceptors (Lipinski definition) is 4. The van der Waals surface area contributed by atoms with Crippen LogP contribution in [0.5, 0.6) is 0 Å². The van der Waals surface area contributed by atoms with E-state index in [1.165, 1.54) is 18.3 Å². The van der Waals surface area contributed by atoms with Crippen LogP contribution in [-0.4, -0.2) is 16.5 Å². The van der Waals surface area contributed by atoms with Crippen molar-refractivity contribution < 1.29 is 4.39 Å². The summed E-state index contributed by atoms with van der Waals surface area (Å²) in [5.74, 6) is 0.710. The molecule has 0 radical (unpaired) electrons. The number of benzene rings is 1. The lowest BCUT2D eigenvalue weighted by molar-refractivity contribution is 0.627. The molecule has 0 aliphatic carbocycles. The highest BCUT2D eigenvalue weighted by Crippen LogP contribution is 2.25. The van der Waals surface area contributed by atoms with Crippen LogP contribution in [0.4, 0.5) is 21.8 Å². The maximum atomic E-state index is 13.0. The van der Waals surface area contributed by atoms with Crippen molar-refractivity contribution in [1.29, 1.82) is 0 Å². The molecule has 0 amide bonds. The number of anilines is 3. The summed E-state index contributed by atoms with van der Waals surface area (Å²) < 4.78 is 13.0. The molecule has 0 saturated heterocycles. The van der Waals surface area contributed by atoms with Crippen LogP contribution in [0.25, 0.3) is 0 Å². The van der Waals surface area contributed by atoms with Crippen LogP contribution in [0.3, 0.4) is 0 Å². The molecule has 0 saturated carbocycles. The molecular weight excluding hydrogens is 267 g/mol. The number of hydrogen-bond donors (Lipinski definition) is 2. The summed E-state index contributed by atoms with van der Waals surface area (Å²) in [4.78, 5) is 8.31. The highest BCUT2D eigenvalue weighted by molar-refractivity contribution is 6.32. The Bertz CT molecular complexity index is 589. The van der Waals surface area contributed by atoms with Gasteiger partial charge >= 0.3 is 0 Å². The number of nitrogens with one attached hydrogen (secondary N) is 2. The number of halogens is 2. The minimum absolute atomic E-state index is 0.273. The lowest BCUT2D eigenvalue weighted by Gasteiger charge is -2.11. The number of nitrogens with zero attached hydrogens (tertiary/aromatic N) is 2. The van der Waals surface area contributed by atoms with Gasteiger partial charge in [0.15, 0.2) is 5.82 Å². The van der Waals surface area contributed by atoms with Gasteiger partial charge in [-0.1, -0.05) is 11.6 Å². The minimum Gasteiger partial charge on any atom is -0.354 e. The van der Waals surface area contributed by atoms with Crippen LogP contribution in [-0.2, 0) is 0 Å². The second-order valence-electron chi connectivity index (χ2n) is 4.00. The summed E-state index contributed by atoms with van der Waals surface area (Å²) in [6, 6.07) is 4.48. The smallest absolute Gasteiger partial charge is 0.224 e. The summed E-state index contributed by atoms with van der Waals surface area (Å²) in [7, 11) is 0. The molecule has 0 unspecified atom stereocenters. The third kappa shape index (κ3) is 3.32. The summed E-state index contributed by atoms with van der Waals surface area (Å²) >= 11 is 6.04. The Hall–Kier alpha value is -1.88. The van der Waals surface area contributed by atoms with E-state index in [2.05, 4.69) is 20.6 Å². The fourth-order valence-electron chi connectivity index (χ4n) is 1.59. The van der Waals surface area contributed by atoms with Gasteiger partial charge < -0.3 is 10.6 Å². The molecule has 0 aliphatic rings. The van der Waals surface area contributed by atoms with Gasteiger partial charge in [-0.2, -0.15) is 4.98 Å². The summed E-state index contributed by atoms with van der Waals surface area (Å²) in [5.41, 5.74) is 1.53. The molecule has 1 aromatic carbocycles. The molecule has 4 nitrogen and oxygen atoms in total. The van der Waals surface area contributed by atoms with Gasteiger partial charge in [0.25, 0.3) is 0 Å². The van der Waals surface area contributed by atoms with Gasteiger partial charge in [-0.05, 0) is 37.6 Å². The SMILES string of the molecule is CCNc1ncc(Cl)c(Nc2ccc(F)cc2C)n1. The van der Waals surface area contributed by atoms with Crippen LogP contribution in [0.2, 0.25) is 5.02 Å². The Morgan fingerprint density at radius 1 is 1.37 bits per heavy atom. The van der Waals surface area contributed by atoms with E-state index >= 15 is 0 Å². The van der Waals surface area contributed by atoms with E-state index < -0.39 is 0 Å². The fourth-order valence-corrected chi connectivity index (χ4v) is 1.73. The normalized spacial score (nSPS) is 10.3. The average molecular weight is 281 g/mol. The van der Waals surface area contributed by atoms with E-state index in [1.54, 1.807) is 6.07 Å². The Morgan fingerprint density at radius 3 is 2.84 bits per heavy atom. The third-order valence-electron chi connectivity index (χ3n) is 2.52. The predicted molar refractivity (Wildman–Crippen MR) is 75.6 cm³/mol. The van der Waals surface area contributed by atoms with Crippen LogP contribution in [0.1, 0.15) is 12.5 Å². The van der Waals surface area contributed by atoms with Gasteiger partial charge in [0.05, 0.1) is 6.20 Å². The van der Waals surface area contributed by atoms with Crippen molar-refractivity contribution in [3.8, 4) is 0 Å². The highest BCUT2D eigenvalue weighted by atomic mass is 35.5. The quantitative estimate of drug-likeness (QED) is 0.895. The van der Waals surface area contributed by atoms with Gasteiger partial charge in [-0.15, -0.1) is 0 Å². The first-order valence-electron chi connectivity index (χ1n) is 5.89. The van der Waals surface area contributed by atoms with Crippen molar-refractivity contribution in [3.05, 3.63) is 40.8 Å². The average Bonchev–Trinajstić information content (AvgIpc) is 2.37.